The van der Waals surface area contributed by atoms with Crippen LogP contribution in [0.3, 0.4) is 0 Å². The van der Waals surface area contributed by atoms with Gasteiger partial charge in [-0.2, -0.15) is 10.4 Å². The molecule has 3 rings (SSSR count). The fourth-order valence-corrected chi connectivity index (χ4v) is 4.18. The number of nitrogens with zero attached hydrogens (tertiary/aromatic N) is 3. The minimum atomic E-state index is 0.00986. The molecule has 0 spiro atoms. The summed E-state index contributed by atoms with van der Waals surface area (Å²) in [5.74, 6) is 0. The summed E-state index contributed by atoms with van der Waals surface area (Å²) in [5.41, 5.74) is 8.06. The van der Waals surface area contributed by atoms with Crippen molar-refractivity contribution in [1.29, 1.82) is 5.26 Å². The number of fused-ring (bicyclic) bond motifs is 1. The fraction of sp³-hybridized carbons (Fsp3) is 0.267. The predicted octanol–water partition coefficient (Wildman–Crippen LogP) is 3.13. The molecule has 112 valence electrons. The van der Waals surface area contributed by atoms with Crippen molar-refractivity contribution in [1.82, 2.24) is 10.2 Å². The first kappa shape index (κ1) is 14.9. The Kier molecular flexibility index (Phi) is 4.34. The number of aromatic nitrogens is 2. The van der Waals surface area contributed by atoms with Gasteiger partial charge in [0.25, 0.3) is 0 Å². The first-order valence-electron chi connectivity index (χ1n) is 6.88. The summed E-state index contributed by atoms with van der Waals surface area (Å²) < 4.78 is 0.971. The zero-order valence-corrected chi connectivity index (χ0v) is 13.7. The number of anilines is 1. The highest BCUT2D eigenvalue weighted by Crippen LogP contribution is 2.34. The monoisotopic (exact) mass is 329 g/mol. The molecule has 0 saturated carbocycles. The first-order valence-corrected chi connectivity index (χ1v) is 8.57. The van der Waals surface area contributed by atoms with E-state index >= 15 is 0 Å². The van der Waals surface area contributed by atoms with Crippen molar-refractivity contribution in [2.24, 2.45) is 5.73 Å². The molecule has 0 aliphatic heterocycles. The van der Waals surface area contributed by atoms with Crippen molar-refractivity contribution in [2.75, 3.05) is 5.32 Å². The molecule has 3 aromatic heterocycles. The van der Waals surface area contributed by atoms with Gasteiger partial charge in [-0.25, -0.2) is 0 Å². The summed E-state index contributed by atoms with van der Waals surface area (Å²) in [6, 6.07) is 6.37. The lowest BCUT2D eigenvalue weighted by Gasteiger charge is -2.04. The van der Waals surface area contributed by atoms with Crippen molar-refractivity contribution in [2.45, 2.75) is 25.9 Å². The van der Waals surface area contributed by atoms with Gasteiger partial charge in [0.15, 0.2) is 0 Å². The molecule has 0 fully saturated rings. The van der Waals surface area contributed by atoms with E-state index in [2.05, 4.69) is 33.0 Å². The van der Waals surface area contributed by atoms with E-state index in [1.807, 2.05) is 13.0 Å². The molecule has 0 aliphatic carbocycles. The molecular weight excluding hydrogens is 314 g/mol. The van der Waals surface area contributed by atoms with Gasteiger partial charge in [0.2, 0.25) is 0 Å². The number of nitrogens with one attached hydrogen (secondary N) is 1. The largest absolute Gasteiger partial charge is 0.378 e. The zero-order valence-electron chi connectivity index (χ0n) is 12.0. The van der Waals surface area contributed by atoms with Gasteiger partial charge in [0.1, 0.15) is 11.6 Å². The van der Waals surface area contributed by atoms with Crippen LogP contribution in [0.25, 0.3) is 10.2 Å². The average Bonchev–Trinajstić information content (AvgIpc) is 3.11. The van der Waals surface area contributed by atoms with Crippen LogP contribution in [-0.2, 0) is 13.0 Å². The Balaban J connectivity index is 1.97. The second-order valence-corrected chi connectivity index (χ2v) is 7.20. The summed E-state index contributed by atoms with van der Waals surface area (Å²) in [6.07, 6.45) is 2.39. The van der Waals surface area contributed by atoms with Crippen molar-refractivity contribution in [3.8, 4) is 6.07 Å². The van der Waals surface area contributed by atoms with Gasteiger partial charge in [0, 0.05) is 22.3 Å². The third kappa shape index (κ3) is 2.95. The molecule has 0 radical (unpaired) electrons. The molecule has 5 nitrogen and oxygen atoms in total. The Morgan fingerprint density at radius 1 is 1.50 bits per heavy atom. The highest BCUT2D eigenvalue weighted by atomic mass is 32.1. The molecule has 7 heteroatoms. The van der Waals surface area contributed by atoms with E-state index in [1.54, 1.807) is 28.9 Å². The second-order valence-electron chi connectivity index (χ2n) is 5.06. The van der Waals surface area contributed by atoms with Crippen LogP contribution in [-0.4, -0.2) is 16.2 Å². The van der Waals surface area contributed by atoms with Crippen LogP contribution >= 0.6 is 22.7 Å². The Morgan fingerprint density at radius 3 is 3.05 bits per heavy atom. The van der Waals surface area contributed by atoms with Gasteiger partial charge in [0.05, 0.1) is 22.1 Å². The number of nitriles is 1. The molecule has 0 aliphatic rings. The van der Waals surface area contributed by atoms with Crippen LogP contribution in [0.15, 0.2) is 23.7 Å². The Bertz CT molecular complexity index is 814. The topological polar surface area (TPSA) is 87.6 Å². The van der Waals surface area contributed by atoms with Crippen molar-refractivity contribution >= 4 is 38.6 Å². The minimum Gasteiger partial charge on any atom is -0.378 e. The van der Waals surface area contributed by atoms with Crippen molar-refractivity contribution in [3.05, 3.63) is 39.0 Å². The molecule has 0 saturated heterocycles. The quantitative estimate of drug-likeness (QED) is 0.751. The summed E-state index contributed by atoms with van der Waals surface area (Å²) in [6.45, 7) is 2.67. The molecule has 0 unspecified atom stereocenters. The van der Waals surface area contributed by atoms with Crippen LogP contribution in [0.5, 0.6) is 0 Å². The molecule has 0 aromatic carbocycles. The van der Waals surface area contributed by atoms with E-state index in [1.165, 1.54) is 4.88 Å². The lowest BCUT2D eigenvalue weighted by atomic mass is 10.1. The van der Waals surface area contributed by atoms with E-state index in [4.69, 9.17) is 5.73 Å². The van der Waals surface area contributed by atoms with Gasteiger partial charge < -0.3 is 11.1 Å². The molecule has 0 amide bonds. The smallest absolute Gasteiger partial charge is 0.124 e. The van der Waals surface area contributed by atoms with Crippen LogP contribution in [0, 0.1) is 11.3 Å². The molecule has 3 aromatic rings. The van der Waals surface area contributed by atoms with Gasteiger partial charge in [-0.1, -0.05) is 6.07 Å². The maximum Gasteiger partial charge on any atom is 0.124 e. The second kappa shape index (κ2) is 6.40. The Morgan fingerprint density at radius 2 is 2.36 bits per heavy atom. The molecule has 1 atom stereocenters. The van der Waals surface area contributed by atoms with Crippen molar-refractivity contribution in [3.63, 3.8) is 0 Å². The van der Waals surface area contributed by atoms with Gasteiger partial charge in [-0.3, -0.25) is 0 Å². The minimum absolute atomic E-state index is 0.00986. The van der Waals surface area contributed by atoms with Crippen LogP contribution < -0.4 is 11.1 Å². The summed E-state index contributed by atoms with van der Waals surface area (Å²) in [7, 11) is 0. The van der Waals surface area contributed by atoms with Gasteiger partial charge in [-0.15, -0.1) is 27.8 Å². The van der Waals surface area contributed by atoms with Crippen LogP contribution in [0.4, 0.5) is 5.69 Å². The van der Waals surface area contributed by atoms with E-state index in [-0.39, 0.29) is 6.04 Å². The lowest BCUT2D eigenvalue weighted by Crippen LogP contribution is -2.17. The normalized spacial score (nSPS) is 12.2. The van der Waals surface area contributed by atoms with Crippen LogP contribution in [0.1, 0.15) is 22.2 Å². The summed E-state index contributed by atoms with van der Waals surface area (Å²) in [4.78, 5) is 2.23. The molecular formula is C15H15N5S2. The molecule has 3 N–H and O–H groups in total. The number of hydrogen-bond acceptors (Lipinski definition) is 7. The van der Waals surface area contributed by atoms with Gasteiger partial charge in [-0.05, 0) is 24.8 Å². The first-order chi connectivity index (χ1) is 10.7. The van der Waals surface area contributed by atoms with Gasteiger partial charge >= 0.3 is 0 Å². The SMILES string of the molecule is C[C@H](N)Cc1sc2c(NCc3cccs3)cnnc2c1C#N. The molecule has 3 heterocycles. The van der Waals surface area contributed by atoms with E-state index in [0.29, 0.717) is 17.5 Å². The predicted molar refractivity (Wildman–Crippen MR) is 91.1 cm³/mol. The fourth-order valence-electron chi connectivity index (χ4n) is 2.22. The lowest BCUT2D eigenvalue weighted by molar-refractivity contribution is 0.745. The van der Waals surface area contributed by atoms with E-state index in [9.17, 15) is 5.26 Å². The summed E-state index contributed by atoms with van der Waals surface area (Å²) in [5, 5.41) is 23.0. The maximum absolute atomic E-state index is 9.42. The van der Waals surface area contributed by atoms with E-state index < -0.39 is 0 Å². The number of hydrogen-bond donors (Lipinski definition) is 2. The Labute approximate surface area is 136 Å². The summed E-state index contributed by atoms with van der Waals surface area (Å²) >= 11 is 3.28. The zero-order chi connectivity index (χ0) is 15.5. The average molecular weight is 329 g/mol. The van der Waals surface area contributed by atoms with Crippen molar-refractivity contribution < 1.29 is 0 Å². The highest BCUT2D eigenvalue weighted by molar-refractivity contribution is 7.20. The highest BCUT2D eigenvalue weighted by Gasteiger charge is 2.17. The number of thiophene rings is 2. The van der Waals surface area contributed by atoms with Crippen LogP contribution in [0.2, 0.25) is 0 Å². The molecule has 0 bridgehead atoms. The molecule has 22 heavy (non-hydrogen) atoms. The Hall–Kier alpha value is -2.01. The van der Waals surface area contributed by atoms with E-state index in [0.717, 1.165) is 21.8 Å². The number of nitrogens with two attached hydrogens (primary N) is 1. The third-order valence-corrected chi connectivity index (χ3v) is 5.31. The number of rotatable bonds is 5. The third-order valence-electron chi connectivity index (χ3n) is 3.20. The maximum atomic E-state index is 9.42. The standard InChI is InChI=1S/C15H15N5S2/c1-9(17)5-13-11(6-16)14-15(22-13)12(8-19-20-14)18-7-10-3-2-4-21-10/h2-4,8-9H,5,7,17H2,1H3,(H,18,20)/t9-/m0/s1.